The molecule has 1 saturated heterocycles. The summed E-state index contributed by atoms with van der Waals surface area (Å²) in [6.07, 6.45) is 4.37. The normalized spacial score (nSPS) is 20.4. The van der Waals surface area contributed by atoms with Crippen LogP contribution in [0.2, 0.25) is 0 Å². The molecular formula is C18H24N3O2+. The highest BCUT2D eigenvalue weighted by Gasteiger charge is 2.32. The highest BCUT2D eigenvalue weighted by Crippen LogP contribution is 2.19. The van der Waals surface area contributed by atoms with Gasteiger partial charge in [0, 0.05) is 37.8 Å². The van der Waals surface area contributed by atoms with Gasteiger partial charge in [0.05, 0.1) is 19.3 Å². The van der Waals surface area contributed by atoms with E-state index >= 15 is 0 Å². The van der Waals surface area contributed by atoms with Gasteiger partial charge < -0.3 is 19.5 Å². The standard InChI is InChI=1S/C18H23N3O2/c1-20-10-4-8-16(20)17-9-5-11-21(17)13-18(22)19-14-6-3-7-15(12-14)23-2/h3-4,6-8,10,12,17H,5,9,11,13H2,1-2H3,(H,19,22)/p+1/t17-/m0/s1. The SMILES string of the molecule is COc1cccc(NC(=O)C[NH+]2CCC[C@H]2c2cccn2C)c1. The van der Waals surface area contributed by atoms with E-state index in [4.69, 9.17) is 4.74 Å². The molecule has 3 rings (SSSR count). The summed E-state index contributed by atoms with van der Waals surface area (Å²) in [5.74, 6) is 0.798. The molecule has 0 saturated carbocycles. The van der Waals surface area contributed by atoms with E-state index < -0.39 is 0 Å². The number of likely N-dealkylation sites (tertiary alicyclic amines) is 1. The van der Waals surface area contributed by atoms with Crippen molar-refractivity contribution in [1.82, 2.24) is 4.57 Å². The predicted octanol–water partition coefficient (Wildman–Crippen LogP) is 1.39. The van der Waals surface area contributed by atoms with E-state index in [-0.39, 0.29) is 5.91 Å². The number of aryl methyl sites for hydroxylation is 1. The maximum atomic E-state index is 12.4. The van der Waals surface area contributed by atoms with Crippen LogP contribution in [0.5, 0.6) is 5.75 Å². The van der Waals surface area contributed by atoms with Gasteiger partial charge in [-0.2, -0.15) is 0 Å². The molecule has 2 atom stereocenters. The summed E-state index contributed by atoms with van der Waals surface area (Å²) >= 11 is 0. The summed E-state index contributed by atoms with van der Waals surface area (Å²) in [5, 5.41) is 2.98. The zero-order valence-electron chi connectivity index (χ0n) is 13.7. The van der Waals surface area contributed by atoms with Crippen LogP contribution in [0.3, 0.4) is 0 Å². The lowest BCUT2D eigenvalue weighted by Crippen LogP contribution is -3.11. The second kappa shape index (κ2) is 6.87. The molecule has 1 aromatic heterocycles. The number of methoxy groups -OCH3 is 1. The highest BCUT2D eigenvalue weighted by molar-refractivity contribution is 5.91. The third-order valence-electron chi connectivity index (χ3n) is 4.57. The Bertz CT molecular complexity index is 680. The van der Waals surface area contributed by atoms with Gasteiger partial charge in [0.25, 0.3) is 5.91 Å². The summed E-state index contributed by atoms with van der Waals surface area (Å²) in [6.45, 7) is 1.54. The van der Waals surface area contributed by atoms with Crippen LogP contribution in [0, 0.1) is 0 Å². The molecule has 0 bridgehead atoms. The first-order chi connectivity index (χ1) is 11.2. The molecule has 1 aliphatic heterocycles. The molecule has 23 heavy (non-hydrogen) atoms. The Balaban J connectivity index is 1.64. The van der Waals surface area contributed by atoms with Crippen LogP contribution in [-0.2, 0) is 11.8 Å². The first-order valence-electron chi connectivity index (χ1n) is 8.07. The van der Waals surface area contributed by atoms with E-state index in [0.29, 0.717) is 12.6 Å². The average Bonchev–Trinajstić information content (AvgIpc) is 3.15. The zero-order chi connectivity index (χ0) is 16.2. The minimum atomic E-state index is 0.0503. The van der Waals surface area contributed by atoms with Crippen molar-refractivity contribution in [1.29, 1.82) is 0 Å². The van der Waals surface area contributed by atoms with Gasteiger partial charge in [-0.05, 0) is 24.3 Å². The molecule has 1 aromatic carbocycles. The molecule has 1 fully saturated rings. The van der Waals surface area contributed by atoms with E-state index in [0.717, 1.165) is 30.8 Å². The lowest BCUT2D eigenvalue weighted by Gasteiger charge is -2.21. The van der Waals surface area contributed by atoms with Gasteiger partial charge in [-0.1, -0.05) is 6.07 Å². The molecule has 0 spiro atoms. The quantitative estimate of drug-likeness (QED) is 0.876. The predicted molar refractivity (Wildman–Crippen MR) is 89.7 cm³/mol. The molecule has 2 N–H and O–H groups in total. The minimum Gasteiger partial charge on any atom is -0.497 e. The molecule has 0 aliphatic carbocycles. The van der Waals surface area contributed by atoms with Gasteiger partial charge in [-0.15, -0.1) is 0 Å². The van der Waals surface area contributed by atoms with E-state index in [1.165, 1.54) is 10.6 Å². The van der Waals surface area contributed by atoms with Crippen molar-refractivity contribution in [3.63, 3.8) is 0 Å². The number of benzene rings is 1. The number of carbonyl (C=O) groups is 1. The maximum Gasteiger partial charge on any atom is 0.279 e. The number of hydrogen-bond acceptors (Lipinski definition) is 2. The molecule has 0 radical (unpaired) electrons. The number of anilines is 1. The van der Waals surface area contributed by atoms with Crippen molar-refractivity contribution in [3.05, 3.63) is 48.3 Å². The molecule has 1 unspecified atom stereocenters. The van der Waals surface area contributed by atoms with Crippen LogP contribution in [-0.4, -0.2) is 30.7 Å². The van der Waals surface area contributed by atoms with Gasteiger partial charge in [0.2, 0.25) is 0 Å². The first-order valence-corrected chi connectivity index (χ1v) is 8.07. The van der Waals surface area contributed by atoms with E-state index in [2.05, 4.69) is 35.3 Å². The lowest BCUT2D eigenvalue weighted by atomic mass is 10.1. The Morgan fingerprint density at radius 2 is 2.26 bits per heavy atom. The topological polar surface area (TPSA) is 47.7 Å². The second-order valence-corrected chi connectivity index (χ2v) is 6.10. The number of amides is 1. The number of ether oxygens (including phenoxy) is 1. The number of carbonyl (C=O) groups excluding carboxylic acids is 1. The lowest BCUT2D eigenvalue weighted by molar-refractivity contribution is -0.910. The average molecular weight is 314 g/mol. The highest BCUT2D eigenvalue weighted by atomic mass is 16.5. The molecule has 1 aliphatic rings. The molecule has 1 amide bonds. The third kappa shape index (κ3) is 3.56. The van der Waals surface area contributed by atoms with Crippen molar-refractivity contribution < 1.29 is 14.4 Å². The van der Waals surface area contributed by atoms with E-state index in [9.17, 15) is 4.79 Å². The van der Waals surface area contributed by atoms with Crippen LogP contribution >= 0.6 is 0 Å². The fraction of sp³-hybridized carbons (Fsp3) is 0.389. The van der Waals surface area contributed by atoms with Crippen LogP contribution in [0.4, 0.5) is 5.69 Å². The number of aromatic nitrogens is 1. The Kier molecular flexibility index (Phi) is 4.67. The van der Waals surface area contributed by atoms with E-state index in [1.54, 1.807) is 7.11 Å². The van der Waals surface area contributed by atoms with Crippen molar-refractivity contribution in [3.8, 4) is 5.75 Å². The summed E-state index contributed by atoms with van der Waals surface area (Å²) < 4.78 is 7.35. The maximum absolute atomic E-state index is 12.4. The van der Waals surface area contributed by atoms with Crippen molar-refractivity contribution in [2.45, 2.75) is 18.9 Å². The van der Waals surface area contributed by atoms with Crippen LogP contribution in [0.25, 0.3) is 0 Å². The summed E-state index contributed by atoms with van der Waals surface area (Å²) in [5.41, 5.74) is 2.09. The number of nitrogens with one attached hydrogen (secondary N) is 2. The second-order valence-electron chi connectivity index (χ2n) is 6.10. The van der Waals surface area contributed by atoms with Crippen molar-refractivity contribution in [2.75, 3.05) is 25.5 Å². The fourth-order valence-corrected chi connectivity index (χ4v) is 3.43. The zero-order valence-corrected chi connectivity index (χ0v) is 13.7. The van der Waals surface area contributed by atoms with Gasteiger partial charge in [0.1, 0.15) is 11.8 Å². The van der Waals surface area contributed by atoms with Gasteiger partial charge in [-0.3, -0.25) is 4.79 Å². The monoisotopic (exact) mass is 314 g/mol. The molecule has 2 heterocycles. The largest absolute Gasteiger partial charge is 0.497 e. The summed E-state index contributed by atoms with van der Waals surface area (Å²) in [7, 11) is 3.70. The van der Waals surface area contributed by atoms with Crippen LogP contribution in [0.15, 0.2) is 42.6 Å². The van der Waals surface area contributed by atoms with Gasteiger partial charge in [0.15, 0.2) is 6.54 Å². The Hall–Kier alpha value is -2.27. The summed E-state index contributed by atoms with van der Waals surface area (Å²) in [6, 6.07) is 12.1. The first kappa shape index (κ1) is 15.6. The number of rotatable bonds is 5. The Labute approximate surface area is 136 Å². The molecule has 5 heteroatoms. The molecular weight excluding hydrogens is 290 g/mol. The summed E-state index contributed by atoms with van der Waals surface area (Å²) in [4.78, 5) is 13.7. The number of nitrogens with zero attached hydrogens (tertiary/aromatic N) is 1. The molecule has 2 aromatic rings. The third-order valence-corrected chi connectivity index (χ3v) is 4.57. The smallest absolute Gasteiger partial charge is 0.279 e. The Morgan fingerprint density at radius 3 is 3.00 bits per heavy atom. The molecule has 122 valence electrons. The van der Waals surface area contributed by atoms with Gasteiger partial charge >= 0.3 is 0 Å². The van der Waals surface area contributed by atoms with Crippen molar-refractivity contribution in [2.24, 2.45) is 7.05 Å². The molecule has 5 nitrogen and oxygen atoms in total. The van der Waals surface area contributed by atoms with Crippen LogP contribution in [0.1, 0.15) is 24.6 Å². The van der Waals surface area contributed by atoms with Crippen molar-refractivity contribution >= 4 is 11.6 Å². The number of hydrogen-bond donors (Lipinski definition) is 2. The minimum absolute atomic E-state index is 0.0503. The van der Waals surface area contributed by atoms with E-state index in [1.807, 2.05) is 24.3 Å². The number of quaternary nitrogens is 1. The fourth-order valence-electron chi connectivity index (χ4n) is 3.43. The Morgan fingerprint density at radius 1 is 1.39 bits per heavy atom. The van der Waals surface area contributed by atoms with Crippen LogP contribution < -0.4 is 15.0 Å². The van der Waals surface area contributed by atoms with Gasteiger partial charge in [-0.25, -0.2) is 0 Å².